The van der Waals surface area contributed by atoms with E-state index in [4.69, 9.17) is 9.84 Å². The van der Waals surface area contributed by atoms with Gasteiger partial charge in [-0.1, -0.05) is 0 Å². The van der Waals surface area contributed by atoms with Crippen molar-refractivity contribution >= 4 is 17.3 Å². The van der Waals surface area contributed by atoms with E-state index in [0.717, 1.165) is 12.1 Å². The Morgan fingerprint density at radius 2 is 2.47 bits per heavy atom. The third-order valence-electron chi connectivity index (χ3n) is 2.11. The number of carbonyl (C=O) groups is 1. The number of hydrogen-bond donors (Lipinski definition) is 1. The first-order chi connectivity index (χ1) is 7.11. The van der Waals surface area contributed by atoms with E-state index < -0.39 is 11.9 Å². The molecule has 1 aromatic heterocycles. The molecule has 0 aliphatic carbocycles. The summed E-state index contributed by atoms with van der Waals surface area (Å²) in [6.07, 6.45) is 0.808. The van der Waals surface area contributed by atoms with Crippen molar-refractivity contribution in [2.75, 3.05) is 13.2 Å². The number of ether oxygens (including phenoxy) is 1. The quantitative estimate of drug-likeness (QED) is 0.755. The van der Waals surface area contributed by atoms with Crippen molar-refractivity contribution in [1.82, 2.24) is 4.98 Å². The number of thiazole rings is 1. The van der Waals surface area contributed by atoms with Gasteiger partial charge in [-0.3, -0.25) is 4.79 Å². The third kappa shape index (κ3) is 3.97. The normalized spacial score (nSPS) is 12.7. The maximum Gasteiger partial charge on any atom is 0.308 e. The lowest BCUT2D eigenvalue weighted by Gasteiger charge is -2.06. The molecule has 84 valence electrons. The van der Waals surface area contributed by atoms with E-state index >= 15 is 0 Å². The molecule has 0 saturated heterocycles. The number of nitrogens with zero attached hydrogens (tertiary/aromatic N) is 1. The van der Waals surface area contributed by atoms with Gasteiger partial charge in [-0.15, -0.1) is 11.3 Å². The van der Waals surface area contributed by atoms with Gasteiger partial charge in [0.15, 0.2) is 0 Å². The second kappa shape index (κ2) is 5.82. The molecule has 0 amide bonds. The van der Waals surface area contributed by atoms with Gasteiger partial charge in [0, 0.05) is 11.3 Å². The highest BCUT2D eigenvalue weighted by molar-refractivity contribution is 7.09. The summed E-state index contributed by atoms with van der Waals surface area (Å²) in [6.45, 7) is 4.43. The fourth-order valence-corrected chi connectivity index (χ4v) is 1.82. The van der Waals surface area contributed by atoms with Crippen molar-refractivity contribution in [1.29, 1.82) is 0 Å². The minimum Gasteiger partial charge on any atom is -0.481 e. The molecule has 5 heteroatoms. The summed E-state index contributed by atoms with van der Waals surface area (Å²) < 4.78 is 5.28. The van der Waals surface area contributed by atoms with E-state index in [2.05, 4.69) is 4.98 Å². The number of rotatable bonds is 6. The highest BCUT2D eigenvalue weighted by Crippen LogP contribution is 2.12. The van der Waals surface area contributed by atoms with Gasteiger partial charge in [-0.2, -0.15) is 0 Å². The highest BCUT2D eigenvalue weighted by atomic mass is 32.1. The highest BCUT2D eigenvalue weighted by Gasteiger charge is 2.10. The van der Waals surface area contributed by atoms with Gasteiger partial charge in [0.05, 0.1) is 30.3 Å². The van der Waals surface area contributed by atoms with Crippen LogP contribution in [-0.4, -0.2) is 29.3 Å². The number of aromatic nitrogens is 1. The van der Waals surface area contributed by atoms with E-state index in [0.29, 0.717) is 6.61 Å². The van der Waals surface area contributed by atoms with Gasteiger partial charge < -0.3 is 9.84 Å². The summed E-state index contributed by atoms with van der Waals surface area (Å²) in [5, 5.41) is 8.62. The zero-order valence-corrected chi connectivity index (χ0v) is 9.71. The Morgan fingerprint density at radius 3 is 3.00 bits per heavy atom. The molecule has 0 aliphatic heterocycles. The molecule has 0 aromatic carbocycles. The number of aliphatic carboxylic acids is 1. The van der Waals surface area contributed by atoms with Crippen molar-refractivity contribution < 1.29 is 14.6 Å². The molecule has 0 saturated carbocycles. The first kappa shape index (κ1) is 12.1. The second-order valence-electron chi connectivity index (χ2n) is 3.43. The molecule has 0 fully saturated rings. The van der Waals surface area contributed by atoms with Crippen LogP contribution in [0.5, 0.6) is 0 Å². The molecule has 1 atom stereocenters. The number of aryl methyl sites for hydroxylation is 1. The predicted octanol–water partition coefficient (Wildman–Crippen LogP) is 1.73. The fourth-order valence-electron chi connectivity index (χ4n) is 1.06. The van der Waals surface area contributed by atoms with Crippen LogP contribution in [0.25, 0.3) is 0 Å². The number of carboxylic acids is 1. The van der Waals surface area contributed by atoms with Gasteiger partial charge in [-0.25, -0.2) is 4.98 Å². The van der Waals surface area contributed by atoms with E-state index in [-0.39, 0.29) is 6.61 Å². The van der Waals surface area contributed by atoms with Crippen molar-refractivity contribution in [2.24, 2.45) is 5.92 Å². The summed E-state index contributed by atoms with van der Waals surface area (Å²) in [7, 11) is 0. The first-order valence-electron chi connectivity index (χ1n) is 4.80. The van der Waals surface area contributed by atoms with Gasteiger partial charge >= 0.3 is 5.97 Å². The minimum absolute atomic E-state index is 0.271. The lowest BCUT2D eigenvalue weighted by Crippen LogP contribution is -2.16. The molecular weight excluding hydrogens is 214 g/mol. The van der Waals surface area contributed by atoms with Crippen molar-refractivity contribution in [3.8, 4) is 0 Å². The van der Waals surface area contributed by atoms with Gasteiger partial charge in [0.1, 0.15) is 0 Å². The molecule has 1 heterocycles. The minimum atomic E-state index is -0.816. The maximum absolute atomic E-state index is 10.5. The Labute approximate surface area is 92.9 Å². The van der Waals surface area contributed by atoms with E-state index in [1.165, 1.54) is 4.88 Å². The van der Waals surface area contributed by atoms with Crippen LogP contribution in [0, 0.1) is 12.8 Å². The topological polar surface area (TPSA) is 59.4 Å². The van der Waals surface area contributed by atoms with Crippen LogP contribution >= 0.6 is 11.3 Å². The molecule has 0 radical (unpaired) electrons. The molecular formula is C10H15NO3S. The molecule has 1 rings (SSSR count). The third-order valence-corrected chi connectivity index (χ3v) is 3.10. The molecule has 1 N–H and O–H groups in total. The Bertz CT molecular complexity index is 324. The monoisotopic (exact) mass is 229 g/mol. The van der Waals surface area contributed by atoms with Crippen LogP contribution in [0.15, 0.2) is 5.51 Å². The standard InChI is InChI=1S/C10H15NO3S/c1-7(10(12)13)5-14-4-3-9-8(2)11-6-15-9/h6-7H,3-5H2,1-2H3,(H,12,13). The summed E-state index contributed by atoms with van der Waals surface area (Å²) >= 11 is 1.61. The van der Waals surface area contributed by atoms with Crippen LogP contribution in [0.3, 0.4) is 0 Å². The second-order valence-corrected chi connectivity index (χ2v) is 4.36. The van der Waals surface area contributed by atoms with E-state index in [9.17, 15) is 4.79 Å². The van der Waals surface area contributed by atoms with Gasteiger partial charge in [-0.05, 0) is 13.8 Å². The zero-order valence-electron chi connectivity index (χ0n) is 8.90. The first-order valence-corrected chi connectivity index (χ1v) is 5.68. The SMILES string of the molecule is Cc1ncsc1CCOCC(C)C(=O)O. The van der Waals surface area contributed by atoms with Crippen LogP contribution in [-0.2, 0) is 16.0 Å². The fraction of sp³-hybridized carbons (Fsp3) is 0.600. The Hall–Kier alpha value is -0.940. The lowest BCUT2D eigenvalue weighted by molar-refractivity contribution is -0.143. The molecule has 0 spiro atoms. The molecule has 0 aliphatic rings. The largest absolute Gasteiger partial charge is 0.481 e. The molecule has 1 unspecified atom stereocenters. The van der Waals surface area contributed by atoms with Gasteiger partial charge in [0.25, 0.3) is 0 Å². The Balaban J connectivity index is 2.17. The lowest BCUT2D eigenvalue weighted by atomic mass is 10.2. The van der Waals surface area contributed by atoms with E-state index in [1.807, 2.05) is 12.4 Å². The molecule has 1 aromatic rings. The molecule has 0 bridgehead atoms. The van der Waals surface area contributed by atoms with Crippen molar-refractivity contribution in [3.05, 3.63) is 16.1 Å². The smallest absolute Gasteiger partial charge is 0.308 e. The van der Waals surface area contributed by atoms with Crippen LogP contribution in [0.1, 0.15) is 17.5 Å². The average molecular weight is 229 g/mol. The molecule has 15 heavy (non-hydrogen) atoms. The average Bonchev–Trinajstić information content (AvgIpc) is 2.58. The van der Waals surface area contributed by atoms with Crippen LogP contribution in [0.4, 0.5) is 0 Å². The summed E-state index contributed by atoms with van der Waals surface area (Å²) in [5.41, 5.74) is 2.85. The number of hydrogen-bond acceptors (Lipinski definition) is 4. The van der Waals surface area contributed by atoms with Crippen LogP contribution in [0.2, 0.25) is 0 Å². The van der Waals surface area contributed by atoms with Crippen molar-refractivity contribution in [2.45, 2.75) is 20.3 Å². The van der Waals surface area contributed by atoms with Crippen LogP contribution < -0.4 is 0 Å². The maximum atomic E-state index is 10.5. The summed E-state index contributed by atoms with van der Waals surface area (Å²) in [4.78, 5) is 15.8. The summed E-state index contributed by atoms with van der Waals surface area (Å²) in [5.74, 6) is -1.25. The van der Waals surface area contributed by atoms with Crippen molar-refractivity contribution in [3.63, 3.8) is 0 Å². The Kier molecular flexibility index (Phi) is 4.71. The van der Waals surface area contributed by atoms with E-state index in [1.54, 1.807) is 18.3 Å². The Morgan fingerprint density at radius 1 is 1.73 bits per heavy atom. The molecule has 4 nitrogen and oxygen atoms in total. The zero-order chi connectivity index (χ0) is 11.3. The van der Waals surface area contributed by atoms with Gasteiger partial charge in [0.2, 0.25) is 0 Å². The summed E-state index contributed by atoms with van der Waals surface area (Å²) in [6, 6.07) is 0. The predicted molar refractivity (Wildman–Crippen MR) is 58.2 cm³/mol. The number of carboxylic acid groups (broad SMARTS) is 1.